The maximum Gasteiger partial charge on any atom is 0.267 e. The third-order valence-electron chi connectivity index (χ3n) is 6.23. The summed E-state index contributed by atoms with van der Waals surface area (Å²) in [5.74, 6) is 7.19. The molecule has 1 amide bonds. The number of hydrogen-bond donors (Lipinski definition) is 3. The number of hydrogen-bond acceptors (Lipinski definition) is 6. The summed E-state index contributed by atoms with van der Waals surface area (Å²) in [6.07, 6.45) is 4.26. The minimum absolute atomic E-state index is 0.0824. The van der Waals surface area contributed by atoms with E-state index in [2.05, 4.69) is 22.3 Å². The smallest absolute Gasteiger partial charge is 0.267 e. The summed E-state index contributed by atoms with van der Waals surface area (Å²) in [6, 6.07) is 25.0. The van der Waals surface area contributed by atoms with E-state index in [9.17, 15) is 9.59 Å². The first kappa shape index (κ1) is 26.0. The van der Waals surface area contributed by atoms with Crippen molar-refractivity contribution in [1.29, 1.82) is 0 Å². The van der Waals surface area contributed by atoms with Gasteiger partial charge in [0.1, 0.15) is 17.2 Å². The van der Waals surface area contributed by atoms with E-state index in [1.807, 2.05) is 91.9 Å². The molecule has 0 radical (unpaired) electrons. The molecule has 5 aromatic rings. The van der Waals surface area contributed by atoms with Gasteiger partial charge in [-0.05, 0) is 42.5 Å². The Balaban J connectivity index is 0.000000207. The van der Waals surface area contributed by atoms with Crippen molar-refractivity contribution in [1.82, 2.24) is 19.3 Å². The molecule has 0 spiro atoms. The van der Waals surface area contributed by atoms with Crippen LogP contribution in [0.2, 0.25) is 0 Å². The van der Waals surface area contributed by atoms with Gasteiger partial charge in [0, 0.05) is 30.3 Å². The molecule has 0 bridgehead atoms. The number of carbonyl (C=O) groups excluding carboxylic acids is 1. The van der Waals surface area contributed by atoms with Gasteiger partial charge in [0.15, 0.2) is 5.82 Å². The van der Waals surface area contributed by atoms with E-state index in [0.29, 0.717) is 35.2 Å². The Labute approximate surface area is 230 Å². The highest BCUT2D eigenvalue weighted by Crippen LogP contribution is 2.23. The van der Waals surface area contributed by atoms with Crippen LogP contribution in [0.5, 0.6) is 0 Å². The first-order valence-electron chi connectivity index (χ1n) is 12.7. The number of nitrogens with two attached hydrogens (primary N) is 2. The highest BCUT2D eigenvalue weighted by Gasteiger charge is 2.20. The maximum absolute atomic E-state index is 13.4. The number of anilines is 2. The summed E-state index contributed by atoms with van der Waals surface area (Å²) in [5.41, 5.74) is 13.9. The second-order valence-corrected chi connectivity index (χ2v) is 8.86. The van der Waals surface area contributed by atoms with Crippen molar-refractivity contribution >= 4 is 34.6 Å². The van der Waals surface area contributed by atoms with E-state index in [0.717, 1.165) is 17.1 Å². The molecule has 3 heterocycles. The Bertz CT molecular complexity index is 1840. The number of primary amides is 1. The van der Waals surface area contributed by atoms with Crippen molar-refractivity contribution in [3.8, 4) is 17.5 Å². The first-order chi connectivity index (χ1) is 19.5. The fraction of sp³-hybridized carbons (Fsp3) is 0.0968. The molecule has 1 aliphatic rings. The monoisotopic (exact) mass is 529 g/mol. The first-order valence-corrected chi connectivity index (χ1v) is 12.7. The Hall–Kier alpha value is -5.62. The van der Waals surface area contributed by atoms with Gasteiger partial charge in [-0.15, -0.1) is 5.10 Å². The van der Waals surface area contributed by atoms with E-state index in [1.54, 1.807) is 10.8 Å². The normalized spacial score (nSPS) is 11.4. The molecule has 1 aliphatic heterocycles. The Kier molecular flexibility index (Phi) is 7.42. The van der Waals surface area contributed by atoms with Gasteiger partial charge >= 0.3 is 0 Å². The molecular weight excluding hydrogens is 502 g/mol. The fourth-order valence-electron chi connectivity index (χ4n) is 4.40. The average Bonchev–Trinajstić information content (AvgIpc) is 3.33. The van der Waals surface area contributed by atoms with Crippen molar-refractivity contribution in [2.24, 2.45) is 5.73 Å². The molecule has 9 heteroatoms. The van der Waals surface area contributed by atoms with Crippen molar-refractivity contribution in [2.45, 2.75) is 13.3 Å². The van der Waals surface area contributed by atoms with Crippen molar-refractivity contribution in [3.63, 3.8) is 0 Å². The molecule has 5 N–H and O–H groups in total. The van der Waals surface area contributed by atoms with E-state index in [1.165, 1.54) is 4.68 Å². The topological polar surface area (TPSA) is 134 Å². The van der Waals surface area contributed by atoms with Gasteiger partial charge < -0.3 is 16.8 Å². The molecule has 0 fully saturated rings. The van der Waals surface area contributed by atoms with Crippen LogP contribution in [0.3, 0.4) is 0 Å². The van der Waals surface area contributed by atoms with E-state index >= 15 is 0 Å². The van der Waals surface area contributed by atoms with Crippen LogP contribution in [0.4, 0.5) is 11.6 Å². The lowest BCUT2D eigenvalue weighted by Crippen LogP contribution is -2.24. The summed E-state index contributed by atoms with van der Waals surface area (Å²) in [6.45, 7) is 2.65. The number of fused-ring (bicyclic) bond motifs is 2. The third kappa shape index (κ3) is 5.19. The summed E-state index contributed by atoms with van der Waals surface area (Å²) < 4.78 is 3.19. The molecule has 0 aliphatic carbocycles. The van der Waals surface area contributed by atoms with Gasteiger partial charge in [-0.2, -0.15) is 0 Å². The summed E-state index contributed by atoms with van der Waals surface area (Å²) in [5, 5.41) is 7.44. The van der Waals surface area contributed by atoms with Crippen LogP contribution < -0.4 is 22.3 Å². The van der Waals surface area contributed by atoms with E-state index < -0.39 is 5.91 Å². The molecule has 40 heavy (non-hydrogen) atoms. The average molecular weight is 530 g/mol. The van der Waals surface area contributed by atoms with Gasteiger partial charge in [-0.1, -0.05) is 61.2 Å². The number of amides is 1. The van der Waals surface area contributed by atoms with Crippen LogP contribution in [0, 0.1) is 11.8 Å². The molecule has 198 valence electrons. The highest BCUT2D eigenvalue weighted by atomic mass is 16.1. The van der Waals surface area contributed by atoms with Gasteiger partial charge in [-0.3, -0.25) is 14.2 Å². The summed E-state index contributed by atoms with van der Waals surface area (Å²) >= 11 is 0. The Morgan fingerprint density at radius 1 is 1.00 bits per heavy atom. The number of aromatic nitrogens is 4. The lowest BCUT2D eigenvalue weighted by atomic mass is 10.1. The minimum Gasteiger partial charge on any atom is -0.381 e. The maximum atomic E-state index is 13.4. The summed E-state index contributed by atoms with van der Waals surface area (Å²) in [4.78, 5) is 29.1. The van der Waals surface area contributed by atoms with Crippen LogP contribution in [-0.4, -0.2) is 31.8 Å². The second-order valence-electron chi connectivity index (χ2n) is 8.86. The Morgan fingerprint density at radius 2 is 1.73 bits per heavy atom. The molecule has 0 unspecified atom stereocenters. The molecule has 9 nitrogen and oxygen atoms in total. The molecule has 0 atom stereocenters. The highest BCUT2D eigenvalue weighted by molar-refractivity contribution is 6.02. The van der Waals surface area contributed by atoms with Crippen LogP contribution >= 0.6 is 0 Å². The van der Waals surface area contributed by atoms with Crippen molar-refractivity contribution in [3.05, 3.63) is 118 Å². The Morgan fingerprint density at radius 3 is 2.42 bits per heavy atom. The van der Waals surface area contributed by atoms with Gasteiger partial charge in [0.2, 0.25) is 0 Å². The predicted octanol–water partition coefficient (Wildman–Crippen LogP) is 3.81. The van der Waals surface area contributed by atoms with Crippen LogP contribution in [-0.2, 0) is 6.42 Å². The number of nitrogen functional groups attached to an aromatic ring is 1. The molecule has 3 aromatic carbocycles. The quantitative estimate of drug-likeness (QED) is 0.304. The van der Waals surface area contributed by atoms with Crippen LogP contribution in [0.15, 0.2) is 89.7 Å². The lowest BCUT2D eigenvalue weighted by Gasteiger charge is -2.13. The molecule has 0 saturated heterocycles. The number of carbonyl (C=O) groups is 1. The number of nitrogens with zero attached hydrogens (tertiary/aromatic N) is 4. The standard InChI is InChI=1S/C24H18N2O.C7H9N5O/c1-2-22-25-21-15-9-12-19(17-16-18-10-5-3-6-11-18)23(21)24(27)26(22)20-13-7-4-8-14-20;8-5-4(6(9)13)7-10-2-1-3-12(7)11-5/h3-15H,2H2,1H3;1,3,10H,2H2,(H2,8,11)(H2,9,13). The zero-order valence-corrected chi connectivity index (χ0v) is 21.8. The fourth-order valence-corrected chi connectivity index (χ4v) is 4.40. The number of aryl methyl sites for hydroxylation is 1. The zero-order valence-electron chi connectivity index (χ0n) is 21.8. The van der Waals surface area contributed by atoms with Gasteiger partial charge in [-0.25, -0.2) is 9.67 Å². The lowest BCUT2D eigenvalue weighted by molar-refractivity contribution is 0.100. The summed E-state index contributed by atoms with van der Waals surface area (Å²) in [7, 11) is 0. The van der Waals surface area contributed by atoms with Crippen LogP contribution in [0.25, 0.3) is 22.8 Å². The van der Waals surface area contributed by atoms with Crippen molar-refractivity contribution < 1.29 is 4.79 Å². The largest absolute Gasteiger partial charge is 0.381 e. The zero-order chi connectivity index (χ0) is 28.1. The van der Waals surface area contributed by atoms with E-state index in [-0.39, 0.29) is 16.9 Å². The second kappa shape index (κ2) is 11.4. The van der Waals surface area contributed by atoms with E-state index in [4.69, 9.17) is 16.5 Å². The molecular formula is C31H27N7O2. The van der Waals surface area contributed by atoms with Gasteiger partial charge in [0.25, 0.3) is 11.5 Å². The van der Waals surface area contributed by atoms with Gasteiger partial charge in [0.05, 0.1) is 16.6 Å². The molecule has 6 rings (SSSR count). The number of benzene rings is 3. The minimum atomic E-state index is -0.568. The number of rotatable bonds is 3. The number of nitrogens with one attached hydrogen (secondary N) is 1. The third-order valence-corrected chi connectivity index (χ3v) is 6.23. The predicted molar refractivity (Wildman–Crippen MR) is 158 cm³/mol. The SMILES string of the molecule is CCc1nc2cccc(C#Cc3ccccc3)c2c(=O)n1-c1ccccc1.NC(=O)c1c(N)nn2c1NCC=C2. The molecule has 2 aromatic heterocycles. The molecule has 0 saturated carbocycles. The van der Waals surface area contributed by atoms with Crippen LogP contribution in [0.1, 0.15) is 34.2 Å². The van der Waals surface area contributed by atoms with Crippen molar-refractivity contribution in [2.75, 3.05) is 17.6 Å². The number of para-hydroxylation sites is 1.